The molecule has 1 fully saturated rings. The van der Waals surface area contributed by atoms with Gasteiger partial charge >= 0.3 is 0 Å². The smallest absolute Gasteiger partial charge is 0.231 e. The maximum Gasteiger partial charge on any atom is 0.231 e. The van der Waals surface area contributed by atoms with Gasteiger partial charge < -0.3 is 11.1 Å². The van der Waals surface area contributed by atoms with Gasteiger partial charge in [0, 0.05) is 30.6 Å². The van der Waals surface area contributed by atoms with Crippen molar-refractivity contribution in [1.29, 1.82) is 0 Å². The summed E-state index contributed by atoms with van der Waals surface area (Å²) in [6, 6.07) is 7.66. The van der Waals surface area contributed by atoms with E-state index in [2.05, 4.69) is 25.2 Å². The highest BCUT2D eigenvalue weighted by molar-refractivity contribution is 5.75. The number of amides is 1. The normalized spacial score (nSPS) is 18.5. The maximum absolute atomic E-state index is 11.1. The molecule has 2 aromatic heterocycles. The van der Waals surface area contributed by atoms with Gasteiger partial charge in [-0.15, -0.1) is 0 Å². The monoisotopic (exact) mass is 312 g/mol. The van der Waals surface area contributed by atoms with Crippen LogP contribution in [0.25, 0.3) is 0 Å². The van der Waals surface area contributed by atoms with Crippen molar-refractivity contribution < 1.29 is 4.79 Å². The molecule has 2 aromatic rings. The molecule has 1 amide bonds. The Bertz CT molecular complexity index is 663. The highest BCUT2D eigenvalue weighted by atomic mass is 16.1. The summed E-state index contributed by atoms with van der Waals surface area (Å²) in [6.45, 7) is 2.03. The first-order chi connectivity index (χ1) is 11.2. The summed E-state index contributed by atoms with van der Waals surface area (Å²) in [5.74, 6) is 1.27. The lowest BCUT2D eigenvalue weighted by molar-refractivity contribution is -0.119. The molecular formula is C16H20N6O. The van der Waals surface area contributed by atoms with Gasteiger partial charge in [0.25, 0.3) is 0 Å². The van der Waals surface area contributed by atoms with Crippen molar-refractivity contribution in [3.8, 4) is 0 Å². The molecule has 0 aromatic carbocycles. The number of nitrogens with one attached hydrogen (secondary N) is 1. The lowest BCUT2D eigenvalue weighted by Gasteiger charge is -2.31. The zero-order valence-corrected chi connectivity index (χ0v) is 12.9. The molecule has 3 N–H and O–H groups in total. The molecule has 7 nitrogen and oxygen atoms in total. The van der Waals surface area contributed by atoms with Crippen molar-refractivity contribution in [2.75, 3.05) is 25.0 Å². The Kier molecular flexibility index (Phi) is 4.77. The van der Waals surface area contributed by atoms with Crippen LogP contribution in [0.3, 0.4) is 0 Å². The third-order valence-corrected chi connectivity index (χ3v) is 3.88. The average molecular weight is 312 g/mol. The lowest BCUT2D eigenvalue weighted by Crippen LogP contribution is -2.40. The van der Waals surface area contributed by atoms with Crippen LogP contribution >= 0.6 is 0 Å². The summed E-state index contributed by atoms with van der Waals surface area (Å²) in [4.78, 5) is 26.2. The Morgan fingerprint density at radius 3 is 2.91 bits per heavy atom. The van der Waals surface area contributed by atoms with E-state index in [-0.39, 0.29) is 5.91 Å². The molecule has 1 atom stereocenters. The number of anilines is 2. The first-order valence-electron chi connectivity index (χ1n) is 7.72. The molecule has 1 aliphatic rings. The third kappa shape index (κ3) is 4.23. The minimum Gasteiger partial charge on any atom is -0.369 e. The highest BCUT2D eigenvalue weighted by Crippen LogP contribution is 2.26. The number of primary amides is 1. The lowest BCUT2D eigenvalue weighted by atomic mass is 9.94. The van der Waals surface area contributed by atoms with Crippen LogP contribution < -0.4 is 11.1 Å². The molecule has 0 saturated carbocycles. The van der Waals surface area contributed by atoms with Crippen molar-refractivity contribution in [2.45, 2.75) is 18.8 Å². The SMILES string of the molecule is NC(=O)CN1CCC[C@@H](c2cccc(Nc3ncccn3)n2)C1. The Balaban J connectivity index is 1.70. The van der Waals surface area contributed by atoms with E-state index >= 15 is 0 Å². The summed E-state index contributed by atoms with van der Waals surface area (Å²) in [5, 5.41) is 3.11. The van der Waals surface area contributed by atoms with Crippen LogP contribution in [0, 0.1) is 0 Å². The fourth-order valence-electron chi connectivity index (χ4n) is 2.89. The molecule has 7 heteroatoms. The average Bonchev–Trinajstić information content (AvgIpc) is 2.56. The molecule has 0 bridgehead atoms. The zero-order chi connectivity index (χ0) is 16.1. The summed E-state index contributed by atoms with van der Waals surface area (Å²) in [7, 11) is 0. The number of piperidine rings is 1. The van der Waals surface area contributed by atoms with E-state index in [1.54, 1.807) is 18.5 Å². The molecule has 1 aliphatic heterocycles. The maximum atomic E-state index is 11.1. The third-order valence-electron chi connectivity index (χ3n) is 3.88. The fourth-order valence-corrected chi connectivity index (χ4v) is 2.89. The van der Waals surface area contributed by atoms with Crippen LogP contribution in [-0.4, -0.2) is 45.4 Å². The highest BCUT2D eigenvalue weighted by Gasteiger charge is 2.23. The van der Waals surface area contributed by atoms with Gasteiger partial charge in [-0.25, -0.2) is 15.0 Å². The van der Waals surface area contributed by atoms with E-state index in [0.717, 1.165) is 37.4 Å². The second-order valence-corrected chi connectivity index (χ2v) is 5.69. The molecule has 0 radical (unpaired) electrons. The second-order valence-electron chi connectivity index (χ2n) is 5.69. The van der Waals surface area contributed by atoms with Gasteiger partial charge in [-0.05, 0) is 37.6 Å². The summed E-state index contributed by atoms with van der Waals surface area (Å²) in [5.41, 5.74) is 6.31. The molecule has 0 spiro atoms. The Labute approximate surface area is 135 Å². The summed E-state index contributed by atoms with van der Waals surface area (Å²) in [6.07, 6.45) is 5.47. The van der Waals surface area contributed by atoms with Gasteiger partial charge in [0.15, 0.2) is 0 Å². The van der Waals surface area contributed by atoms with Crippen LogP contribution in [-0.2, 0) is 4.79 Å². The molecular weight excluding hydrogens is 292 g/mol. The van der Waals surface area contributed by atoms with E-state index in [1.807, 2.05) is 18.2 Å². The molecule has 3 heterocycles. The Hall–Kier alpha value is -2.54. The second kappa shape index (κ2) is 7.15. The van der Waals surface area contributed by atoms with Crippen molar-refractivity contribution >= 4 is 17.7 Å². The van der Waals surface area contributed by atoms with Crippen molar-refractivity contribution in [3.63, 3.8) is 0 Å². The Morgan fingerprint density at radius 2 is 2.13 bits per heavy atom. The summed E-state index contributed by atoms with van der Waals surface area (Å²) < 4.78 is 0. The molecule has 1 saturated heterocycles. The van der Waals surface area contributed by atoms with Gasteiger partial charge in [-0.3, -0.25) is 9.69 Å². The van der Waals surface area contributed by atoms with Gasteiger partial charge in [0.05, 0.1) is 6.54 Å². The van der Waals surface area contributed by atoms with E-state index < -0.39 is 0 Å². The molecule has 3 rings (SSSR count). The molecule has 0 unspecified atom stereocenters. The van der Waals surface area contributed by atoms with Crippen LogP contribution in [0.2, 0.25) is 0 Å². The number of carbonyl (C=O) groups is 1. The largest absolute Gasteiger partial charge is 0.369 e. The summed E-state index contributed by atoms with van der Waals surface area (Å²) >= 11 is 0. The number of rotatable bonds is 5. The quantitative estimate of drug-likeness (QED) is 0.863. The number of nitrogens with two attached hydrogens (primary N) is 1. The predicted molar refractivity (Wildman–Crippen MR) is 87.2 cm³/mol. The number of hydrogen-bond donors (Lipinski definition) is 2. The fraction of sp³-hybridized carbons (Fsp3) is 0.375. The first kappa shape index (κ1) is 15.4. The molecule has 120 valence electrons. The van der Waals surface area contributed by atoms with E-state index in [9.17, 15) is 4.79 Å². The van der Waals surface area contributed by atoms with Gasteiger partial charge in [-0.2, -0.15) is 0 Å². The molecule has 0 aliphatic carbocycles. The number of likely N-dealkylation sites (tertiary alicyclic amines) is 1. The standard InChI is InChI=1S/C16H20N6O/c17-14(23)11-22-9-2-4-12(10-22)13-5-1-6-15(20-13)21-16-18-7-3-8-19-16/h1,3,5-8,12H,2,4,9-11H2,(H2,17,23)(H,18,19,20,21)/t12-/m1/s1. The van der Waals surface area contributed by atoms with E-state index in [4.69, 9.17) is 5.73 Å². The van der Waals surface area contributed by atoms with Gasteiger partial charge in [0.1, 0.15) is 5.82 Å². The Morgan fingerprint density at radius 1 is 1.30 bits per heavy atom. The first-order valence-corrected chi connectivity index (χ1v) is 7.72. The van der Waals surface area contributed by atoms with Crippen molar-refractivity contribution in [2.24, 2.45) is 5.73 Å². The van der Waals surface area contributed by atoms with Crippen molar-refractivity contribution in [3.05, 3.63) is 42.4 Å². The number of carbonyl (C=O) groups excluding carboxylic acids is 1. The number of hydrogen-bond acceptors (Lipinski definition) is 6. The van der Waals surface area contributed by atoms with Crippen LogP contribution in [0.4, 0.5) is 11.8 Å². The molecule has 23 heavy (non-hydrogen) atoms. The minimum atomic E-state index is -0.282. The van der Waals surface area contributed by atoms with E-state index in [0.29, 0.717) is 18.4 Å². The number of pyridine rings is 1. The predicted octanol–water partition coefficient (Wildman–Crippen LogP) is 1.28. The van der Waals surface area contributed by atoms with Crippen LogP contribution in [0.15, 0.2) is 36.7 Å². The van der Waals surface area contributed by atoms with Crippen molar-refractivity contribution in [1.82, 2.24) is 19.9 Å². The minimum absolute atomic E-state index is 0.282. The van der Waals surface area contributed by atoms with E-state index in [1.165, 1.54) is 0 Å². The van der Waals surface area contributed by atoms with Crippen LogP contribution in [0.1, 0.15) is 24.5 Å². The van der Waals surface area contributed by atoms with Gasteiger partial charge in [-0.1, -0.05) is 6.07 Å². The number of aromatic nitrogens is 3. The van der Waals surface area contributed by atoms with Gasteiger partial charge in [0.2, 0.25) is 11.9 Å². The number of nitrogens with zero attached hydrogens (tertiary/aromatic N) is 4. The zero-order valence-electron chi connectivity index (χ0n) is 12.9. The topological polar surface area (TPSA) is 97.0 Å². The van der Waals surface area contributed by atoms with Crippen LogP contribution in [0.5, 0.6) is 0 Å².